The van der Waals surface area contributed by atoms with Crippen LogP contribution in [0, 0.1) is 11.3 Å². The van der Waals surface area contributed by atoms with E-state index in [2.05, 4.69) is 31.1 Å². The van der Waals surface area contributed by atoms with Crippen LogP contribution >= 0.6 is 0 Å². The lowest BCUT2D eigenvalue weighted by Crippen LogP contribution is -2.30. The Bertz CT molecular complexity index is 518. The SMILES string of the molecule is CC(C)(C)C1CC(=O)N(CCn2cc(C(=O)O)nn2)C1. The third kappa shape index (κ3) is 3.15. The first kappa shape index (κ1) is 14.5. The summed E-state index contributed by atoms with van der Waals surface area (Å²) in [4.78, 5) is 24.5. The summed E-state index contributed by atoms with van der Waals surface area (Å²) in [5, 5.41) is 16.0. The van der Waals surface area contributed by atoms with Gasteiger partial charge in [0.25, 0.3) is 0 Å². The van der Waals surface area contributed by atoms with E-state index < -0.39 is 5.97 Å². The second-order valence-corrected chi connectivity index (χ2v) is 6.28. The average Bonchev–Trinajstić information content (AvgIpc) is 2.92. The predicted octanol–water partition coefficient (Wildman–Crippen LogP) is 0.871. The maximum absolute atomic E-state index is 12.0. The van der Waals surface area contributed by atoms with Crippen LogP contribution in [0.5, 0.6) is 0 Å². The van der Waals surface area contributed by atoms with Crippen LogP contribution in [-0.2, 0) is 11.3 Å². The maximum atomic E-state index is 12.0. The summed E-state index contributed by atoms with van der Waals surface area (Å²) in [6.45, 7) is 8.18. The van der Waals surface area contributed by atoms with Gasteiger partial charge in [-0.15, -0.1) is 5.10 Å². The van der Waals surface area contributed by atoms with Crippen molar-refractivity contribution in [3.63, 3.8) is 0 Å². The van der Waals surface area contributed by atoms with Crippen LogP contribution in [-0.4, -0.2) is 50.0 Å². The van der Waals surface area contributed by atoms with Gasteiger partial charge in [-0.2, -0.15) is 0 Å². The average molecular weight is 280 g/mol. The van der Waals surface area contributed by atoms with Crippen molar-refractivity contribution in [3.8, 4) is 0 Å². The van der Waals surface area contributed by atoms with E-state index in [0.29, 0.717) is 25.4 Å². The van der Waals surface area contributed by atoms with Crippen molar-refractivity contribution in [2.75, 3.05) is 13.1 Å². The summed E-state index contributed by atoms with van der Waals surface area (Å²) in [5.41, 5.74) is 0.0408. The van der Waals surface area contributed by atoms with Crippen molar-refractivity contribution in [1.29, 1.82) is 0 Å². The number of hydrogen-bond acceptors (Lipinski definition) is 4. The highest BCUT2D eigenvalue weighted by Crippen LogP contribution is 2.34. The minimum absolute atomic E-state index is 0.0784. The van der Waals surface area contributed by atoms with E-state index >= 15 is 0 Å². The fourth-order valence-electron chi connectivity index (χ4n) is 2.30. The van der Waals surface area contributed by atoms with Gasteiger partial charge in [0, 0.05) is 19.5 Å². The van der Waals surface area contributed by atoms with Gasteiger partial charge in [-0.3, -0.25) is 4.79 Å². The normalized spacial score (nSPS) is 19.6. The third-order valence-electron chi connectivity index (χ3n) is 3.80. The number of nitrogens with zero attached hydrogens (tertiary/aromatic N) is 4. The molecule has 0 aliphatic carbocycles. The van der Waals surface area contributed by atoms with Gasteiger partial charge in [0.1, 0.15) is 0 Å². The number of likely N-dealkylation sites (tertiary alicyclic amines) is 1. The Kier molecular flexibility index (Phi) is 3.78. The Hall–Kier alpha value is -1.92. The van der Waals surface area contributed by atoms with Crippen LogP contribution in [0.3, 0.4) is 0 Å². The van der Waals surface area contributed by atoms with E-state index in [1.165, 1.54) is 10.9 Å². The molecule has 110 valence electrons. The second kappa shape index (κ2) is 5.22. The summed E-state index contributed by atoms with van der Waals surface area (Å²) < 4.78 is 1.46. The summed E-state index contributed by atoms with van der Waals surface area (Å²) in [7, 11) is 0. The number of hydrogen-bond donors (Lipinski definition) is 1. The fraction of sp³-hybridized carbons (Fsp3) is 0.692. The molecule has 1 aromatic rings. The highest BCUT2D eigenvalue weighted by Gasteiger charge is 2.36. The Morgan fingerprint density at radius 3 is 2.65 bits per heavy atom. The minimum Gasteiger partial charge on any atom is -0.476 e. The van der Waals surface area contributed by atoms with Crippen molar-refractivity contribution >= 4 is 11.9 Å². The number of aromatic nitrogens is 3. The molecule has 20 heavy (non-hydrogen) atoms. The van der Waals surface area contributed by atoms with Crippen molar-refractivity contribution < 1.29 is 14.7 Å². The van der Waals surface area contributed by atoms with Crippen LogP contribution in [0.1, 0.15) is 37.7 Å². The van der Waals surface area contributed by atoms with Gasteiger partial charge in [-0.1, -0.05) is 26.0 Å². The monoisotopic (exact) mass is 280 g/mol. The number of carboxylic acid groups (broad SMARTS) is 1. The third-order valence-corrected chi connectivity index (χ3v) is 3.80. The summed E-state index contributed by atoms with van der Waals surface area (Å²) in [6, 6.07) is 0. The zero-order valence-electron chi connectivity index (χ0n) is 12.0. The lowest BCUT2D eigenvalue weighted by Gasteiger charge is -2.26. The first-order valence-corrected chi connectivity index (χ1v) is 6.68. The number of carbonyl (C=O) groups is 2. The summed E-state index contributed by atoms with van der Waals surface area (Å²) in [5.74, 6) is -0.579. The molecule has 1 atom stereocenters. The molecule has 0 radical (unpaired) electrons. The standard InChI is InChI=1S/C13H20N4O3/c1-13(2,3)9-6-11(18)16(7-9)4-5-17-8-10(12(19)20)14-15-17/h8-9H,4-7H2,1-3H3,(H,19,20). The quantitative estimate of drug-likeness (QED) is 0.884. The lowest BCUT2D eigenvalue weighted by atomic mass is 9.80. The molecule has 2 heterocycles. The molecule has 1 N–H and O–H groups in total. The van der Waals surface area contributed by atoms with Crippen LogP contribution in [0.2, 0.25) is 0 Å². The zero-order valence-corrected chi connectivity index (χ0v) is 12.0. The molecule has 7 nitrogen and oxygen atoms in total. The number of rotatable bonds is 4. The highest BCUT2D eigenvalue weighted by molar-refractivity contribution is 5.84. The van der Waals surface area contributed by atoms with Crippen LogP contribution in [0.4, 0.5) is 0 Å². The largest absolute Gasteiger partial charge is 0.476 e. The maximum Gasteiger partial charge on any atom is 0.358 e. The Labute approximate surface area is 117 Å². The molecule has 1 aromatic heterocycles. The fourth-order valence-corrected chi connectivity index (χ4v) is 2.30. The van der Waals surface area contributed by atoms with E-state index in [1.807, 2.05) is 4.90 Å². The molecular formula is C13H20N4O3. The number of carbonyl (C=O) groups excluding carboxylic acids is 1. The number of aromatic carboxylic acids is 1. The van der Waals surface area contributed by atoms with E-state index in [0.717, 1.165) is 6.54 Å². The highest BCUT2D eigenvalue weighted by atomic mass is 16.4. The van der Waals surface area contributed by atoms with Gasteiger partial charge < -0.3 is 10.0 Å². The van der Waals surface area contributed by atoms with Gasteiger partial charge >= 0.3 is 5.97 Å². The first-order valence-electron chi connectivity index (χ1n) is 6.68. The first-order chi connectivity index (χ1) is 9.27. The van der Waals surface area contributed by atoms with Crippen LogP contribution in [0.25, 0.3) is 0 Å². The topological polar surface area (TPSA) is 88.3 Å². The van der Waals surface area contributed by atoms with Gasteiger partial charge in [0.15, 0.2) is 5.69 Å². The van der Waals surface area contributed by atoms with Gasteiger partial charge in [0.2, 0.25) is 5.91 Å². The molecular weight excluding hydrogens is 260 g/mol. The smallest absolute Gasteiger partial charge is 0.358 e. The molecule has 1 saturated heterocycles. The molecule has 0 aromatic carbocycles. The van der Waals surface area contributed by atoms with E-state index in [9.17, 15) is 9.59 Å². The van der Waals surface area contributed by atoms with Gasteiger partial charge in [-0.25, -0.2) is 9.48 Å². The van der Waals surface area contributed by atoms with Crippen LogP contribution in [0.15, 0.2) is 6.20 Å². The minimum atomic E-state index is -1.10. The molecule has 0 spiro atoms. The van der Waals surface area contributed by atoms with Gasteiger partial charge in [-0.05, 0) is 11.3 Å². The molecule has 1 aliphatic rings. The zero-order chi connectivity index (χ0) is 14.9. The van der Waals surface area contributed by atoms with Crippen molar-refractivity contribution in [3.05, 3.63) is 11.9 Å². The molecule has 1 amide bonds. The van der Waals surface area contributed by atoms with E-state index in [1.54, 1.807) is 0 Å². The van der Waals surface area contributed by atoms with E-state index in [4.69, 9.17) is 5.11 Å². The number of amides is 1. The Morgan fingerprint density at radius 1 is 1.45 bits per heavy atom. The molecule has 1 aliphatic heterocycles. The Balaban J connectivity index is 1.91. The van der Waals surface area contributed by atoms with Crippen molar-refractivity contribution in [2.45, 2.75) is 33.7 Å². The van der Waals surface area contributed by atoms with Crippen LogP contribution < -0.4 is 0 Å². The number of carboxylic acids is 1. The van der Waals surface area contributed by atoms with E-state index in [-0.39, 0.29) is 17.0 Å². The molecule has 0 bridgehead atoms. The molecule has 1 unspecified atom stereocenters. The molecule has 0 saturated carbocycles. The van der Waals surface area contributed by atoms with Crippen molar-refractivity contribution in [1.82, 2.24) is 19.9 Å². The second-order valence-electron chi connectivity index (χ2n) is 6.28. The summed E-state index contributed by atoms with van der Waals surface area (Å²) in [6.07, 6.45) is 1.96. The van der Waals surface area contributed by atoms with Crippen molar-refractivity contribution in [2.24, 2.45) is 11.3 Å². The van der Waals surface area contributed by atoms with Gasteiger partial charge in [0.05, 0.1) is 12.7 Å². The predicted molar refractivity (Wildman–Crippen MR) is 71.1 cm³/mol. The summed E-state index contributed by atoms with van der Waals surface area (Å²) >= 11 is 0. The molecule has 2 rings (SSSR count). The molecule has 7 heteroatoms. The lowest BCUT2D eigenvalue weighted by molar-refractivity contribution is -0.127. The Morgan fingerprint density at radius 2 is 2.15 bits per heavy atom. The molecule has 1 fully saturated rings.